The first kappa shape index (κ1) is 21.5. The summed E-state index contributed by atoms with van der Waals surface area (Å²) in [7, 11) is 0. The normalized spacial score (nSPS) is 11.2. The number of thioether (sulfide) groups is 1. The highest BCUT2D eigenvalue weighted by molar-refractivity contribution is 9.10. The third-order valence-corrected chi connectivity index (χ3v) is 5.53. The first-order chi connectivity index (χ1) is 14.0. The van der Waals surface area contributed by atoms with E-state index in [9.17, 15) is 9.18 Å². The SMILES string of the molecule is CCn1c(SCC(=O)N/N=C\c2cc(Br)ccc2F)nnc1-c1ccc(Cl)cc1. The molecule has 1 amide bonds. The topological polar surface area (TPSA) is 72.2 Å². The zero-order valence-electron chi connectivity index (χ0n) is 15.3. The number of hydrogen-bond acceptors (Lipinski definition) is 5. The molecule has 0 spiro atoms. The van der Waals surface area contributed by atoms with Gasteiger partial charge in [-0.2, -0.15) is 5.10 Å². The fraction of sp³-hybridized carbons (Fsp3) is 0.158. The largest absolute Gasteiger partial charge is 0.302 e. The summed E-state index contributed by atoms with van der Waals surface area (Å²) in [5.74, 6) is 0.0405. The van der Waals surface area contributed by atoms with Crippen LogP contribution in [0.2, 0.25) is 5.02 Å². The maximum atomic E-state index is 13.7. The molecule has 10 heteroatoms. The number of carbonyl (C=O) groups is 1. The van der Waals surface area contributed by atoms with E-state index in [2.05, 4.69) is 36.7 Å². The second-order valence-corrected chi connectivity index (χ2v) is 8.10. The number of aromatic nitrogens is 3. The second kappa shape index (κ2) is 10.00. The van der Waals surface area contributed by atoms with Gasteiger partial charge >= 0.3 is 0 Å². The van der Waals surface area contributed by atoms with Crippen molar-refractivity contribution in [1.82, 2.24) is 20.2 Å². The summed E-state index contributed by atoms with van der Waals surface area (Å²) in [6, 6.07) is 11.8. The zero-order valence-corrected chi connectivity index (χ0v) is 18.4. The minimum atomic E-state index is -0.425. The van der Waals surface area contributed by atoms with Gasteiger partial charge in [0.1, 0.15) is 5.82 Å². The van der Waals surface area contributed by atoms with Crippen molar-refractivity contribution in [2.75, 3.05) is 5.75 Å². The van der Waals surface area contributed by atoms with Crippen LogP contribution in [0.15, 0.2) is 57.2 Å². The number of hydrogen-bond donors (Lipinski definition) is 1. The molecule has 6 nitrogen and oxygen atoms in total. The van der Waals surface area contributed by atoms with E-state index in [-0.39, 0.29) is 17.2 Å². The fourth-order valence-corrected chi connectivity index (χ4v) is 3.74. The lowest BCUT2D eigenvalue weighted by Gasteiger charge is -2.07. The minimum absolute atomic E-state index is 0.0943. The van der Waals surface area contributed by atoms with Crippen LogP contribution >= 0.6 is 39.3 Å². The molecule has 3 aromatic rings. The zero-order chi connectivity index (χ0) is 20.8. The number of rotatable bonds is 7. The summed E-state index contributed by atoms with van der Waals surface area (Å²) in [6.45, 7) is 2.62. The summed E-state index contributed by atoms with van der Waals surface area (Å²) in [5.41, 5.74) is 3.54. The van der Waals surface area contributed by atoms with Crippen molar-refractivity contribution in [2.45, 2.75) is 18.6 Å². The molecular weight excluding hydrogens is 481 g/mol. The van der Waals surface area contributed by atoms with Crippen LogP contribution in [0.4, 0.5) is 4.39 Å². The van der Waals surface area contributed by atoms with Crippen LogP contribution in [0, 0.1) is 5.82 Å². The summed E-state index contributed by atoms with van der Waals surface area (Å²) in [5, 5.41) is 13.5. The Morgan fingerprint density at radius 1 is 1.31 bits per heavy atom. The van der Waals surface area contributed by atoms with E-state index < -0.39 is 5.82 Å². The highest BCUT2D eigenvalue weighted by Crippen LogP contribution is 2.25. The fourth-order valence-electron chi connectivity index (χ4n) is 2.44. The van der Waals surface area contributed by atoms with E-state index in [0.29, 0.717) is 22.5 Å². The molecule has 0 radical (unpaired) electrons. The van der Waals surface area contributed by atoms with Crippen LogP contribution < -0.4 is 5.43 Å². The van der Waals surface area contributed by atoms with Crippen LogP contribution in [-0.2, 0) is 11.3 Å². The van der Waals surface area contributed by atoms with Gasteiger partial charge < -0.3 is 4.57 Å². The van der Waals surface area contributed by atoms with Crippen LogP contribution in [0.3, 0.4) is 0 Å². The maximum absolute atomic E-state index is 13.7. The van der Waals surface area contributed by atoms with Crippen LogP contribution in [-0.4, -0.2) is 32.6 Å². The summed E-state index contributed by atoms with van der Waals surface area (Å²) in [6.07, 6.45) is 1.26. The average molecular weight is 497 g/mol. The lowest BCUT2D eigenvalue weighted by Crippen LogP contribution is -2.20. The molecule has 0 fully saturated rings. The van der Waals surface area contributed by atoms with Gasteiger partial charge in [-0.15, -0.1) is 10.2 Å². The number of hydrazone groups is 1. The lowest BCUT2D eigenvalue weighted by molar-refractivity contribution is -0.118. The quantitative estimate of drug-likeness (QED) is 0.291. The highest BCUT2D eigenvalue weighted by atomic mass is 79.9. The van der Waals surface area contributed by atoms with E-state index in [0.717, 1.165) is 10.0 Å². The molecule has 0 aliphatic heterocycles. The number of benzene rings is 2. The van der Waals surface area contributed by atoms with Gasteiger partial charge in [0.2, 0.25) is 0 Å². The molecule has 1 N–H and O–H groups in total. The first-order valence-electron chi connectivity index (χ1n) is 8.57. The molecular formula is C19H16BrClFN5OS. The van der Waals surface area contributed by atoms with E-state index in [4.69, 9.17) is 11.6 Å². The Morgan fingerprint density at radius 3 is 2.79 bits per heavy atom. The summed E-state index contributed by atoms with van der Waals surface area (Å²) in [4.78, 5) is 12.1. The van der Waals surface area contributed by atoms with Crippen molar-refractivity contribution in [3.05, 3.63) is 63.3 Å². The Balaban J connectivity index is 1.61. The standard InChI is InChI=1S/C19H16BrClFN5OS/c1-2-27-18(12-3-6-15(21)7-4-12)25-26-19(27)29-11-17(28)24-23-10-13-9-14(20)5-8-16(13)22/h3-10H,2,11H2,1H3,(H,24,28)/b23-10-. The molecule has 29 heavy (non-hydrogen) atoms. The third kappa shape index (κ3) is 5.65. The Morgan fingerprint density at radius 2 is 2.07 bits per heavy atom. The molecule has 0 unspecified atom stereocenters. The smallest absolute Gasteiger partial charge is 0.250 e. The minimum Gasteiger partial charge on any atom is -0.302 e. The molecule has 0 saturated carbocycles. The third-order valence-electron chi connectivity index (χ3n) is 3.82. The molecule has 0 atom stereocenters. The molecule has 0 aliphatic carbocycles. The summed E-state index contributed by atoms with van der Waals surface area (Å²) >= 11 is 10.4. The van der Waals surface area contributed by atoms with Gasteiger partial charge in [-0.25, -0.2) is 9.82 Å². The highest BCUT2D eigenvalue weighted by Gasteiger charge is 2.14. The van der Waals surface area contributed by atoms with E-state index in [1.807, 2.05) is 23.6 Å². The Kier molecular flexibility index (Phi) is 7.40. The molecule has 0 aliphatic rings. The average Bonchev–Trinajstić information content (AvgIpc) is 3.12. The van der Waals surface area contributed by atoms with Gasteiger partial charge in [0.15, 0.2) is 11.0 Å². The van der Waals surface area contributed by atoms with Gasteiger partial charge in [0.05, 0.1) is 12.0 Å². The molecule has 150 valence electrons. The summed E-state index contributed by atoms with van der Waals surface area (Å²) < 4.78 is 16.3. The van der Waals surface area contributed by atoms with Crippen molar-refractivity contribution in [1.29, 1.82) is 0 Å². The Hall–Kier alpha value is -2.23. The van der Waals surface area contributed by atoms with Crippen molar-refractivity contribution in [3.8, 4) is 11.4 Å². The van der Waals surface area contributed by atoms with Crippen LogP contribution in [0.5, 0.6) is 0 Å². The van der Waals surface area contributed by atoms with Crippen molar-refractivity contribution in [3.63, 3.8) is 0 Å². The van der Waals surface area contributed by atoms with E-state index in [1.165, 1.54) is 24.0 Å². The van der Waals surface area contributed by atoms with Gasteiger partial charge in [0.25, 0.3) is 5.91 Å². The predicted molar refractivity (Wildman–Crippen MR) is 117 cm³/mol. The van der Waals surface area contributed by atoms with Gasteiger partial charge in [-0.1, -0.05) is 39.3 Å². The predicted octanol–water partition coefficient (Wildman–Crippen LogP) is 4.76. The molecule has 3 rings (SSSR count). The van der Waals surface area contributed by atoms with Crippen molar-refractivity contribution in [2.24, 2.45) is 5.10 Å². The van der Waals surface area contributed by atoms with Gasteiger partial charge in [-0.3, -0.25) is 4.79 Å². The maximum Gasteiger partial charge on any atom is 0.250 e. The monoisotopic (exact) mass is 495 g/mol. The molecule has 2 aromatic carbocycles. The second-order valence-electron chi connectivity index (χ2n) is 5.81. The number of amides is 1. The lowest BCUT2D eigenvalue weighted by atomic mass is 10.2. The number of nitrogens with zero attached hydrogens (tertiary/aromatic N) is 4. The Labute approximate surface area is 184 Å². The Bertz CT molecular complexity index is 1040. The molecule has 0 saturated heterocycles. The van der Waals surface area contributed by atoms with Crippen molar-refractivity contribution < 1.29 is 9.18 Å². The first-order valence-corrected chi connectivity index (χ1v) is 10.7. The molecule has 1 heterocycles. The van der Waals surface area contributed by atoms with Gasteiger partial charge in [-0.05, 0) is 49.4 Å². The van der Waals surface area contributed by atoms with E-state index >= 15 is 0 Å². The number of nitrogens with one attached hydrogen (secondary N) is 1. The number of halogens is 3. The van der Waals surface area contributed by atoms with E-state index in [1.54, 1.807) is 24.3 Å². The molecule has 1 aromatic heterocycles. The van der Waals surface area contributed by atoms with Gasteiger partial charge in [0, 0.05) is 27.2 Å². The molecule has 0 bridgehead atoms. The van der Waals surface area contributed by atoms with Crippen LogP contribution in [0.1, 0.15) is 12.5 Å². The number of carbonyl (C=O) groups excluding carboxylic acids is 1. The van der Waals surface area contributed by atoms with Crippen LogP contribution in [0.25, 0.3) is 11.4 Å². The van der Waals surface area contributed by atoms with Crippen molar-refractivity contribution >= 4 is 51.4 Å².